The van der Waals surface area contributed by atoms with Crippen LogP contribution >= 0.6 is 23.5 Å². The Bertz CT molecular complexity index is 1360. The maximum absolute atomic E-state index is 13.1. The number of nitrogens with zero attached hydrogens (tertiary/aromatic N) is 4. The molecule has 40 heavy (non-hydrogen) atoms. The molecule has 2 unspecified atom stereocenters. The van der Waals surface area contributed by atoms with Crippen molar-refractivity contribution < 1.29 is 33.0 Å². The van der Waals surface area contributed by atoms with E-state index in [1.165, 1.54) is 28.4 Å². The van der Waals surface area contributed by atoms with Gasteiger partial charge in [-0.15, -0.1) is 22.0 Å². The molecule has 0 saturated carbocycles. The molecule has 216 valence electrons. The van der Waals surface area contributed by atoms with Crippen LogP contribution in [0.5, 0.6) is 0 Å². The third-order valence-electron chi connectivity index (χ3n) is 6.33. The highest BCUT2D eigenvalue weighted by Crippen LogP contribution is 2.44. The fourth-order valence-electron chi connectivity index (χ4n) is 4.43. The van der Waals surface area contributed by atoms with Gasteiger partial charge in [0.1, 0.15) is 17.1 Å². The van der Waals surface area contributed by atoms with Gasteiger partial charge in [-0.25, -0.2) is 17.9 Å². The number of tetrazole rings is 1. The Kier molecular flexibility index (Phi) is 9.83. The predicted molar refractivity (Wildman–Crippen MR) is 146 cm³/mol. The van der Waals surface area contributed by atoms with Crippen LogP contribution in [0.4, 0.5) is 0 Å². The Hall–Kier alpha value is -2.99. The SMILES string of the molecule is CS(=O)(=O)NCCCCCC(Sc1nn[nH]n1)C1=C(C(=O)O)N2C(=O)[C@@H](NC(=O)C(O)c3ccccc3)[C@@H]2SC1. The summed E-state index contributed by atoms with van der Waals surface area (Å²) in [5.41, 5.74) is 0.768. The Morgan fingerprint density at radius 3 is 2.65 bits per heavy atom. The van der Waals surface area contributed by atoms with E-state index in [1.54, 1.807) is 30.3 Å². The van der Waals surface area contributed by atoms with Gasteiger partial charge in [-0.05, 0) is 29.2 Å². The van der Waals surface area contributed by atoms with Crippen LogP contribution in [0.1, 0.15) is 37.4 Å². The van der Waals surface area contributed by atoms with Crippen molar-refractivity contribution in [3.63, 3.8) is 0 Å². The molecular formula is C23H29N7O7S3. The van der Waals surface area contributed by atoms with Crippen molar-refractivity contribution in [1.82, 2.24) is 35.6 Å². The van der Waals surface area contributed by atoms with Gasteiger partial charge in [0, 0.05) is 17.5 Å². The number of carboxylic acids is 1. The van der Waals surface area contributed by atoms with Gasteiger partial charge in [-0.1, -0.05) is 54.9 Å². The fraction of sp³-hybridized carbons (Fsp3) is 0.478. The number of hydrogen-bond acceptors (Lipinski definition) is 11. The maximum Gasteiger partial charge on any atom is 0.352 e. The zero-order chi connectivity index (χ0) is 28.9. The fourth-order valence-corrected chi connectivity index (χ4v) is 7.53. The minimum atomic E-state index is -3.27. The van der Waals surface area contributed by atoms with Crippen LogP contribution in [0.3, 0.4) is 0 Å². The molecule has 1 aromatic heterocycles. The summed E-state index contributed by atoms with van der Waals surface area (Å²) in [6.07, 6.45) is 2.12. The number of carboxylic acid groups (broad SMARTS) is 1. The molecule has 4 atom stereocenters. The highest BCUT2D eigenvalue weighted by atomic mass is 32.2. The van der Waals surface area contributed by atoms with E-state index >= 15 is 0 Å². The lowest BCUT2D eigenvalue weighted by Crippen LogP contribution is -2.71. The topological polar surface area (TPSA) is 208 Å². The first kappa shape index (κ1) is 30.0. The molecular weight excluding hydrogens is 582 g/mol. The van der Waals surface area contributed by atoms with Crippen molar-refractivity contribution >= 4 is 51.3 Å². The summed E-state index contributed by atoms with van der Waals surface area (Å²) in [6, 6.07) is 7.32. The van der Waals surface area contributed by atoms with Crippen molar-refractivity contribution in [2.75, 3.05) is 18.6 Å². The minimum absolute atomic E-state index is 0.136. The average molecular weight is 612 g/mol. The van der Waals surface area contributed by atoms with Crippen molar-refractivity contribution in [1.29, 1.82) is 0 Å². The van der Waals surface area contributed by atoms with E-state index in [0.717, 1.165) is 6.26 Å². The molecule has 14 nitrogen and oxygen atoms in total. The van der Waals surface area contributed by atoms with Gasteiger partial charge in [-0.3, -0.25) is 14.5 Å². The molecule has 2 aliphatic heterocycles. The number of aromatic nitrogens is 4. The number of β-lactam (4-membered cyclic amide) rings is 1. The summed E-state index contributed by atoms with van der Waals surface area (Å²) < 4.78 is 25.0. The van der Waals surface area contributed by atoms with Gasteiger partial charge in [0.2, 0.25) is 15.2 Å². The number of H-pyrrole nitrogens is 1. The number of amides is 2. The second-order valence-corrected chi connectivity index (χ2v) is 13.3. The lowest BCUT2D eigenvalue weighted by molar-refractivity contribution is -0.151. The molecule has 5 N–H and O–H groups in total. The molecule has 2 amide bonds. The van der Waals surface area contributed by atoms with E-state index < -0.39 is 45.3 Å². The van der Waals surface area contributed by atoms with Crippen LogP contribution in [0.2, 0.25) is 0 Å². The molecule has 1 fully saturated rings. The zero-order valence-corrected chi connectivity index (χ0v) is 23.8. The van der Waals surface area contributed by atoms with Crippen LogP contribution in [-0.4, -0.2) is 97.2 Å². The Labute approximate surface area is 238 Å². The molecule has 0 bridgehead atoms. The number of nitrogens with one attached hydrogen (secondary N) is 3. The number of rotatable bonds is 14. The van der Waals surface area contributed by atoms with Crippen LogP contribution in [-0.2, 0) is 24.4 Å². The van der Waals surface area contributed by atoms with E-state index in [0.29, 0.717) is 48.5 Å². The summed E-state index contributed by atoms with van der Waals surface area (Å²) in [6.45, 7) is 0.302. The smallest absolute Gasteiger partial charge is 0.352 e. The van der Waals surface area contributed by atoms with Gasteiger partial charge >= 0.3 is 5.97 Å². The third kappa shape index (κ3) is 7.20. The number of sulfonamides is 1. The molecule has 2 aliphatic rings. The van der Waals surface area contributed by atoms with Gasteiger partial charge < -0.3 is 15.5 Å². The Morgan fingerprint density at radius 1 is 1.25 bits per heavy atom. The monoisotopic (exact) mass is 611 g/mol. The predicted octanol–water partition coefficient (Wildman–Crippen LogP) is 0.242. The number of thioether (sulfide) groups is 2. The number of carbonyl (C=O) groups excluding carboxylic acids is 2. The van der Waals surface area contributed by atoms with E-state index in [-0.39, 0.29) is 16.7 Å². The van der Waals surface area contributed by atoms with E-state index in [4.69, 9.17) is 0 Å². The number of carbonyl (C=O) groups is 3. The average Bonchev–Trinajstić information content (AvgIpc) is 3.44. The van der Waals surface area contributed by atoms with Crippen LogP contribution in [0.25, 0.3) is 0 Å². The molecule has 4 rings (SSSR count). The standard InChI is InChI=1S/C23H29N7O7S3/c1-40(36,37)24-11-7-3-6-10-15(39-23-26-28-29-27-23)14-12-38-21-16(20(33)30(21)17(14)22(34)35)25-19(32)18(31)13-8-4-2-5-9-13/h2,4-5,8-9,15-16,18,21,24,31H,3,6-7,10-12H2,1H3,(H,25,32)(H,34,35)(H,26,27,28,29)/t15?,16-,18?,21+/m1/s1. The van der Waals surface area contributed by atoms with Gasteiger partial charge in [0.15, 0.2) is 6.10 Å². The second kappa shape index (κ2) is 13.1. The van der Waals surface area contributed by atoms with Crippen LogP contribution < -0.4 is 10.0 Å². The Balaban J connectivity index is 1.47. The lowest BCUT2D eigenvalue weighted by Gasteiger charge is -2.50. The normalized spacial score (nSPS) is 20.4. The van der Waals surface area contributed by atoms with Crippen LogP contribution in [0.15, 0.2) is 46.8 Å². The summed E-state index contributed by atoms with van der Waals surface area (Å²) in [5, 5.41) is 36.2. The van der Waals surface area contributed by atoms with Crippen molar-refractivity contribution in [3.8, 4) is 0 Å². The number of aliphatic carboxylic acids is 1. The quantitative estimate of drug-likeness (QED) is 0.111. The van der Waals surface area contributed by atoms with Gasteiger partial charge in [0.25, 0.3) is 11.8 Å². The number of unbranched alkanes of at least 4 members (excludes halogenated alkanes) is 2. The molecule has 3 heterocycles. The molecule has 0 radical (unpaired) electrons. The first-order valence-corrected chi connectivity index (χ1v) is 16.2. The molecule has 1 aromatic carbocycles. The largest absolute Gasteiger partial charge is 0.477 e. The molecule has 17 heteroatoms. The first-order chi connectivity index (χ1) is 19.1. The summed E-state index contributed by atoms with van der Waals surface area (Å²) in [4.78, 5) is 39.4. The van der Waals surface area contributed by atoms with Crippen molar-refractivity contribution in [2.24, 2.45) is 0 Å². The maximum atomic E-state index is 13.1. The summed E-state index contributed by atoms with van der Waals surface area (Å²) >= 11 is 2.56. The number of aromatic amines is 1. The number of hydrogen-bond donors (Lipinski definition) is 5. The Morgan fingerprint density at radius 2 is 2.00 bits per heavy atom. The molecule has 0 aliphatic carbocycles. The highest BCUT2D eigenvalue weighted by molar-refractivity contribution is 8.01. The van der Waals surface area contributed by atoms with E-state index in [1.807, 2.05) is 0 Å². The summed E-state index contributed by atoms with van der Waals surface area (Å²) in [5.74, 6) is -2.29. The zero-order valence-electron chi connectivity index (χ0n) is 21.4. The van der Waals surface area contributed by atoms with E-state index in [2.05, 4.69) is 30.7 Å². The molecule has 0 spiro atoms. The summed E-state index contributed by atoms with van der Waals surface area (Å²) in [7, 11) is -3.27. The lowest BCUT2D eigenvalue weighted by atomic mass is 9.98. The van der Waals surface area contributed by atoms with Gasteiger partial charge in [-0.2, -0.15) is 5.21 Å². The van der Waals surface area contributed by atoms with Gasteiger partial charge in [0.05, 0.1) is 6.26 Å². The minimum Gasteiger partial charge on any atom is -0.477 e. The van der Waals surface area contributed by atoms with Crippen molar-refractivity contribution in [3.05, 3.63) is 47.2 Å². The molecule has 1 saturated heterocycles. The third-order valence-corrected chi connectivity index (χ3v) is 9.55. The first-order valence-electron chi connectivity index (χ1n) is 12.4. The number of aliphatic hydroxyl groups excluding tert-OH is 1. The van der Waals surface area contributed by atoms with Crippen LogP contribution in [0, 0.1) is 0 Å². The molecule has 2 aromatic rings. The van der Waals surface area contributed by atoms with E-state index in [9.17, 15) is 33.0 Å². The number of benzene rings is 1. The number of fused-ring (bicyclic) bond motifs is 1. The number of aliphatic hydroxyl groups is 1. The van der Waals surface area contributed by atoms with Crippen molar-refractivity contribution in [2.45, 2.75) is 53.6 Å². The highest BCUT2D eigenvalue weighted by Gasteiger charge is 2.55. The second-order valence-electron chi connectivity index (χ2n) is 9.20.